The third-order valence-electron chi connectivity index (χ3n) is 5.10. The number of carbonyl (C=O) groups excluding carboxylic acids is 1. The number of H-pyrrole nitrogens is 1. The molecule has 0 aliphatic carbocycles. The number of sulfonamides is 1. The van der Waals surface area contributed by atoms with E-state index < -0.39 is 10.0 Å². The van der Waals surface area contributed by atoms with Gasteiger partial charge in [-0.05, 0) is 36.8 Å². The fraction of sp³-hybridized carbons (Fsp3) is 0.333. The Bertz CT molecular complexity index is 1240. The molecule has 170 valence electrons. The monoisotopic (exact) mass is 476 g/mol. The number of nitrogens with zero attached hydrogens (tertiary/aromatic N) is 2. The van der Waals surface area contributed by atoms with Crippen LogP contribution in [0.4, 0.5) is 5.69 Å². The molecular weight excluding hydrogens is 452 g/mol. The van der Waals surface area contributed by atoms with Gasteiger partial charge in [0.05, 0.1) is 42.0 Å². The molecule has 2 N–H and O–H groups in total. The molecule has 9 nitrogen and oxygen atoms in total. The van der Waals surface area contributed by atoms with Crippen molar-refractivity contribution in [3.63, 3.8) is 0 Å². The van der Waals surface area contributed by atoms with E-state index in [1.165, 1.54) is 22.1 Å². The minimum atomic E-state index is -3.64. The van der Waals surface area contributed by atoms with Crippen LogP contribution in [0.15, 0.2) is 46.5 Å². The molecule has 1 aromatic heterocycles. The van der Waals surface area contributed by atoms with E-state index in [4.69, 9.17) is 9.47 Å². The fourth-order valence-corrected chi connectivity index (χ4v) is 5.43. The zero-order chi connectivity index (χ0) is 22.7. The van der Waals surface area contributed by atoms with Gasteiger partial charge in [-0.3, -0.25) is 4.79 Å². The average molecular weight is 477 g/mol. The van der Waals surface area contributed by atoms with Crippen LogP contribution >= 0.6 is 11.8 Å². The number of amides is 1. The molecule has 0 spiro atoms. The molecule has 0 bridgehead atoms. The minimum absolute atomic E-state index is 0.122. The van der Waals surface area contributed by atoms with Gasteiger partial charge in [-0.2, -0.15) is 4.31 Å². The van der Waals surface area contributed by atoms with Crippen LogP contribution in [-0.2, 0) is 19.6 Å². The van der Waals surface area contributed by atoms with Crippen molar-refractivity contribution in [2.75, 3.05) is 44.5 Å². The molecule has 1 fully saturated rings. The summed E-state index contributed by atoms with van der Waals surface area (Å²) in [5, 5.41) is 3.43. The molecule has 0 atom stereocenters. The van der Waals surface area contributed by atoms with Crippen LogP contribution in [0.25, 0.3) is 11.0 Å². The van der Waals surface area contributed by atoms with Crippen molar-refractivity contribution in [2.45, 2.75) is 17.0 Å². The second kappa shape index (κ2) is 9.49. The lowest BCUT2D eigenvalue weighted by molar-refractivity contribution is -0.113. The summed E-state index contributed by atoms with van der Waals surface area (Å²) in [5.41, 5.74) is 2.86. The van der Waals surface area contributed by atoms with Gasteiger partial charge >= 0.3 is 0 Å². The number of anilines is 1. The number of rotatable bonds is 7. The molecule has 0 radical (unpaired) electrons. The van der Waals surface area contributed by atoms with Crippen LogP contribution in [-0.4, -0.2) is 67.8 Å². The second-order valence-corrected chi connectivity index (χ2v) is 10.2. The number of nitrogens with one attached hydrogen (secondary N) is 2. The predicted octanol–water partition coefficient (Wildman–Crippen LogP) is 2.63. The average Bonchev–Trinajstić information content (AvgIpc) is 3.21. The van der Waals surface area contributed by atoms with Gasteiger partial charge in [-0.15, -0.1) is 0 Å². The first-order valence-corrected chi connectivity index (χ1v) is 12.4. The third kappa shape index (κ3) is 4.90. The first-order chi connectivity index (χ1) is 15.4. The number of benzene rings is 2. The Kier molecular flexibility index (Phi) is 6.70. The smallest absolute Gasteiger partial charge is 0.243 e. The Labute approximate surface area is 190 Å². The maximum absolute atomic E-state index is 12.9. The number of aryl methyl sites for hydroxylation is 1. The number of ether oxygens (including phenoxy) is 2. The number of carbonyl (C=O) groups is 1. The van der Waals surface area contributed by atoms with E-state index in [2.05, 4.69) is 15.3 Å². The van der Waals surface area contributed by atoms with Gasteiger partial charge in [0.15, 0.2) is 5.16 Å². The number of thioether (sulfide) groups is 1. The Morgan fingerprint density at radius 1 is 1.25 bits per heavy atom. The van der Waals surface area contributed by atoms with Crippen LogP contribution in [0.1, 0.15) is 5.56 Å². The van der Waals surface area contributed by atoms with Crippen LogP contribution in [0, 0.1) is 6.92 Å². The molecule has 1 amide bonds. The summed E-state index contributed by atoms with van der Waals surface area (Å²) in [6.45, 7) is 3.21. The summed E-state index contributed by atoms with van der Waals surface area (Å²) in [5.74, 6) is 0.589. The highest BCUT2D eigenvalue weighted by Crippen LogP contribution is 2.25. The maximum atomic E-state index is 12.9. The van der Waals surface area contributed by atoms with Gasteiger partial charge in [-0.25, -0.2) is 13.4 Å². The largest absolute Gasteiger partial charge is 0.497 e. The predicted molar refractivity (Wildman–Crippen MR) is 123 cm³/mol. The molecule has 2 heterocycles. The Hall–Kier alpha value is -2.60. The van der Waals surface area contributed by atoms with Crippen LogP contribution < -0.4 is 10.1 Å². The summed E-state index contributed by atoms with van der Waals surface area (Å²) in [4.78, 5) is 20.3. The SMILES string of the molecule is COc1ccc2nc(SCC(=O)Nc3cc(S(=O)(=O)N4CCOCC4)ccc3C)[nH]c2c1. The molecule has 11 heteroatoms. The summed E-state index contributed by atoms with van der Waals surface area (Å²) < 4.78 is 37.7. The van der Waals surface area contributed by atoms with Gasteiger partial charge in [0.2, 0.25) is 15.9 Å². The van der Waals surface area contributed by atoms with E-state index in [1.54, 1.807) is 19.2 Å². The summed E-state index contributed by atoms with van der Waals surface area (Å²) in [6.07, 6.45) is 0. The highest BCUT2D eigenvalue weighted by atomic mass is 32.2. The lowest BCUT2D eigenvalue weighted by Gasteiger charge is -2.26. The normalized spacial score (nSPS) is 15.1. The van der Waals surface area contributed by atoms with Crippen molar-refractivity contribution in [1.82, 2.24) is 14.3 Å². The molecule has 32 heavy (non-hydrogen) atoms. The fourth-order valence-electron chi connectivity index (χ4n) is 3.31. The van der Waals surface area contributed by atoms with Crippen molar-refractivity contribution in [1.29, 1.82) is 0 Å². The number of hydrogen-bond acceptors (Lipinski definition) is 7. The molecule has 2 aromatic carbocycles. The maximum Gasteiger partial charge on any atom is 0.243 e. The van der Waals surface area contributed by atoms with Gasteiger partial charge in [-0.1, -0.05) is 17.8 Å². The molecule has 0 saturated carbocycles. The highest BCUT2D eigenvalue weighted by Gasteiger charge is 2.27. The number of aromatic nitrogens is 2. The quantitative estimate of drug-likeness (QED) is 0.504. The minimum Gasteiger partial charge on any atom is -0.497 e. The molecule has 4 rings (SSSR count). The number of imidazole rings is 1. The van der Waals surface area contributed by atoms with Gasteiger partial charge in [0.25, 0.3) is 0 Å². The lowest BCUT2D eigenvalue weighted by Crippen LogP contribution is -2.40. The van der Waals surface area contributed by atoms with E-state index in [0.717, 1.165) is 22.3 Å². The van der Waals surface area contributed by atoms with Crippen LogP contribution in [0.3, 0.4) is 0 Å². The Balaban J connectivity index is 1.43. The van der Waals surface area contributed by atoms with Crippen molar-refractivity contribution in [3.8, 4) is 5.75 Å². The van der Waals surface area contributed by atoms with E-state index in [-0.39, 0.29) is 16.6 Å². The number of hydrogen-bond donors (Lipinski definition) is 2. The third-order valence-corrected chi connectivity index (χ3v) is 7.87. The molecule has 0 unspecified atom stereocenters. The van der Waals surface area contributed by atoms with Crippen LogP contribution in [0.2, 0.25) is 0 Å². The standard InChI is InChI=1S/C21H24N4O5S2/c1-14-3-5-16(32(27,28)25-7-9-30-10-8-25)12-18(14)22-20(26)13-31-21-23-17-6-4-15(29-2)11-19(17)24-21/h3-6,11-12H,7-10,13H2,1-2H3,(H,22,26)(H,23,24). The van der Waals surface area contributed by atoms with Crippen LogP contribution in [0.5, 0.6) is 5.75 Å². The number of aromatic amines is 1. The molecule has 1 aliphatic rings. The van der Waals surface area contributed by atoms with Crippen molar-refractivity contribution < 1.29 is 22.7 Å². The van der Waals surface area contributed by atoms with Gasteiger partial charge in [0.1, 0.15) is 5.75 Å². The van der Waals surface area contributed by atoms with Crippen molar-refractivity contribution >= 4 is 44.4 Å². The van der Waals surface area contributed by atoms with E-state index >= 15 is 0 Å². The summed E-state index contributed by atoms with van der Waals surface area (Å²) in [6, 6.07) is 10.3. The van der Waals surface area contributed by atoms with Gasteiger partial charge in [0, 0.05) is 24.8 Å². The van der Waals surface area contributed by atoms with Crippen molar-refractivity contribution in [2.24, 2.45) is 0 Å². The van der Waals surface area contributed by atoms with Gasteiger partial charge < -0.3 is 19.8 Å². The molecule has 1 saturated heterocycles. The summed E-state index contributed by atoms with van der Waals surface area (Å²) >= 11 is 1.27. The Morgan fingerprint density at radius 3 is 2.78 bits per heavy atom. The summed E-state index contributed by atoms with van der Waals surface area (Å²) in [7, 11) is -2.04. The van der Waals surface area contributed by atoms with E-state index in [9.17, 15) is 13.2 Å². The molecule has 3 aromatic rings. The van der Waals surface area contributed by atoms with Crippen molar-refractivity contribution in [3.05, 3.63) is 42.0 Å². The molecular formula is C21H24N4O5S2. The lowest BCUT2D eigenvalue weighted by atomic mass is 10.2. The van der Waals surface area contributed by atoms with E-state index in [0.29, 0.717) is 37.1 Å². The first kappa shape index (κ1) is 22.6. The molecule has 1 aliphatic heterocycles. The highest BCUT2D eigenvalue weighted by molar-refractivity contribution is 7.99. The zero-order valence-electron chi connectivity index (χ0n) is 17.8. The number of methoxy groups -OCH3 is 1. The number of fused-ring (bicyclic) bond motifs is 1. The van der Waals surface area contributed by atoms with E-state index in [1.807, 2.05) is 25.1 Å². The topological polar surface area (TPSA) is 114 Å². The first-order valence-electron chi connectivity index (χ1n) is 10.0. The number of morpholine rings is 1. The Morgan fingerprint density at radius 2 is 2.03 bits per heavy atom. The second-order valence-electron chi connectivity index (χ2n) is 7.26. The zero-order valence-corrected chi connectivity index (χ0v) is 19.4.